The first-order chi connectivity index (χ1) is 19.8. The average Bonchev–Trinajstić information content (AvgIpc) is 3.65. The molecule has 2 amide bonds. The van der Waals surface area contributed by atoms with Crippen molar-refractivity contribution in [3.63, 3.8) is 0 Å². The summed E-state index contributed by atoms with van der Waals surface area (Å²) in [6, 6.07) is 8.86. The van der Waals surface area contributed by atoms with Gasteiger partial charge in [-0.2, -0.15) is 0 Å². The highest BCUT2D eigenvalue weighted by Crippen LogP contribution is 2.42. The van der Waals surface area contributed by atoms with Crippen molar-refractivity contribution in [2.45, 2.75) is 63.4 Å². The van der Waals surface area contributed by atoms with Crippen molar-refractivity contribution in [2.75, 3.05) is 18.5 Å². The number of nitrogens with zero attached hydrogens (tertiary/aromatic N) is 4. The van der Waals surface area contributed by atoms with Gasteiger partial charge in [-0.15, -0.1) is 0 Å². The third-order valence-corrected chi connectivity index (χ3v) is 7.01. The van der Waals surface area contributed by atoms with E-state index in [1.165, 1.54) is 12.7 Å². The van der Waals surface area contributed by atoms with E-state index in [0.717, 1.165) is 31.2 Å². The van der Waals surface area contributed by atoms with Gasteiger partial charge in [0.25, 0.3) is 7.82 Å². The van der Waals surface area contributed by atoms with Crippen LogP contribution in [0.15, 0.2) is 43.0 Å². The first-order valence-corrected chi connectivity index (χ1v) is 14.8. The number of phosphoric ester groups is 1. The summed E-state index contributed by atoms with van der Waals surface area (Å²) in [5, 5.41) is 5.51. The zero-order chi connectivity index (χ0) is 28.8. The van der Waals surface area contributed by atoms with E-state index in [2.05, 4.69) is 48.9 Å². The van der Waals surface area contributed by atoms with Crippen LogP contribution < -0.4 is 15.5 Å². The maximum atomic E-state index is 12.4. The number of phosphoric acid groups is 1. The van der Waals surface area contributed by atoms with Gasteiger partial charge in [-0.3, -0.25) is 14.4 Å². The van der Waals surface area contributed by atoms with Crippen molar-refractivity contribution in [3.05, 3.63) is 48.5 Å². The highest BCUT2D eigenvalue weighted by molar-refractivity contribution is 7.44. The first-order valence-electron chi connectivity index (χ1n) is 13.3. The number of unbranched alkanes of at least 4 members (excludes halogenated alkanes) is 3. The van der Waals surface area contributed by atoms with Crippen LogP contribution in [0.25, 0.3) is 11.2 Å². The second-order valence-corrected chi connectivity index (χ2v) is 10.7. The van der Waals surface area contributed by atoms with Crippen LogP contribution in [0, 0.1) is 11.8 Å². The minimum absolute atomic E-state index is 0.206. The van der Waals surface area contributed by atoms with E-state index in [1.807, 2.05) is 30.3 Å². The molecule has 4 heterocycles. The summed E-state index contributed by atoms with van der Waals surface area (Å²) in [5.41, 5.74) is 1.41. The number of imidazole rings is 1. The molecule has 2 saturated heterocycles. The summed E-state index contributed by atoms with van der Waals surface area (Å²) in [4.78, 5) is 45.7. The number of rotatable bonds is 10. The second-order valence-electron chi connectivity index (χ2n) is 9.49. The predicted molar refractivity (Wildman–Crippen MR) is 143 cm³/mol. The first kappa shape index (κ1) is 29.1. The molecule has 3 N–H and O–H groups in total. The number of hydrogen-bond acceptors (Lipinski definition) is 10. The minimum Gasteiger partial charge on any atom is -0.756 e. The lowest BCUT2D eigenvalue weighted by molar-refractivity contribution is -0.223. The van der Waals surface area contributed by atoms with Crippen molar-refractivity contribution in [3.8, 4) is 11.8 Å². The molecular formula is C26H30N6O8P-. The van der Waals surface area contributed by atoms with E-state index >= 15 is 0 Å². The number of urea groups is 1. The van der Waals surface area contributed by atoms with Gasteiger partial charge >= 0.3 is 6.03 Å². The van der Waals surface area contributed by atoms with Crippen molar-refractivity contribution >= 4 is 30.8 Å². The van der Waals surface area contributed by atoms with Gasteiger partial charge in [0.15, 0.2) is 23.2 Å². The molecule has 41 heavy (non-hydrogen) atoms. The van der Waals surface area contributed by atoms with E-state index < -0.39 is 51.3 Å². The van der Waals surface area contributed by atoms with Gasteiger partial charge in [0.05, 0.1) is 12.9 Å². The molecule has 0 saturated carbocycles. The van der Waals surface area contributed by atoms with Crippen LogP contribution in [0.5, 0.6) is 0 Å². The minimum atomic E-state index is -5.02. The molecule has 3 unspecified atom stereocenters. The summed E-state index contributed by atoms with van der Waals surface area (Å²) in [5.74, 6) is 6.11. The quantitative estimate of drug-likeness (QED) is 0.180. The molecule has 0 bridgehead atoms. The zero-order valence-electron chi connectivity index (χ0n) is 22.2. The maximum Gasteiger partial charge on any atom is 0.320 e. The molecule has 2 aliphatic heterocycles. The molecule has 6 atom stereocenters. The Hall–Kier alpha value is -3.41. The van der Waals surface area contributed by atoms with Crippen LogP contribution in [0.2, 0.25) is 0 Å². The molecule has 218 valence electrons. The fourth-order valence-corrected chi connectivity index (χ4v) is 4.96. The van der Waals surface area contributed by atoms with E-state index in [-0.39, 0.29) is 5.82 Å². The van der Waals surface area contributed by atoms with Crippen LogP contribution in [-0.4, -0.2) is 68.2 Å². The fraction of sp³-hybridized carbons (Fsp3) is 0.462. The molecule has 0 radical (unpaired) electrons. The lowest BCUT2D eigenvalue weighted by Crippen LogP contribution is -2.32. The monoisotopic (exact) mass is 585 g/mol. The van der Waals surface area contributed by atoms with Crippen molar-refractivity contribution in [1.29, 1.82) is 0 Å². The molecule has 3 aromatic rings. The molecule has 5 rings (SSSR count). The SMILES string of the molecule is CCCCCCNC(=O)Nc1ncnc2c1ncn2[C@@H]1O[C@H](COP(=O)([O-])O)[C@@H]2OC(C#Cc3ccccc3)OC21. The van der Waals surface area contributed by atoms with Crippen LogP contribution in [0.4, 0.5) is 10.6 Å². The summed E-state index contributed by atoms with van der Waals surface area (Å²) in [6.07, 6.45) is 2.58. The summed E-state index contributed by atoms with van der Waals surface area (Å²) in [7, 11) is -5.02. The topological polar surface area (TPSA) is 182 Å². The third-order valence-electron chi connectivity index (χ3n) is 6.54. The average molecular weight is 586 g/mol. The third kappa shape index (κ3) is 7.27. The maximum absolute atomic E-state index is 12.4. The molecule has 2 aliphatic rings. The Morgan fingerprint density at radius 3 is 2.73 bits per heavy atom. The van der Waals surface area contributed by atoms with E-state index in [0.29, 0.717) is 17.7 Å². The van der Waals surface area contributed by atoms with E-state index in [4.69, 9.17) is 19.1 Å². The second kappa shape index (κ2) is 13.1. The lowest BCUT2D eigenvalue weighted by Gasteiger charge is -2.22. The number of anilines is 1. The number of fused-ring (bicyclic) bond motifs is 2. The number of carbonyl (C=O) groups excluding carboxylic acids is 1. The van der Waals surface area contributed by atoms with Crippen LogP contribution in [0.1, 0.15) is 44.4 Å². The Labute approximate surface area is 236 Å². The zero-order valence-corrected chi connectivity index (χ0v) is 23.1. The lowest BCUT2D eigenvalue weighted by atomic mass is 10.1. The van der Waals surface area contributed by atoms with Crippen LogP contribution >= 0.6 is 7.82 Å². The van der Waals surface area contributed by atoms with E-state index in [9.17, 15) is 14.3 Å². The summed E-state index contributed by atoms with van der Waals surface area (Å²) >= 11 is 0. The Balaban J connectivity index is 1.34. The molecule has 2 fully saturated rings. The molecular weight excluding hydrogens is 555 g/mol. The van der Waals surface area contributed by atoms with E-state index in [1.54, 1.807) is 4.57 Å². The Morgan fingerprint density at radius 1 is 1.15 bits per heavy atom. The number of aromatic nitrogens is 4. The van der Waals surface area contributed by atoms with Gasteiger partial charge in [0.1, 0.15) is 24.6 Å². The number of carbonyl (C=O) groups is 1. The highest BCUT2D eigenvalue weighted by Gasteiger charge is 2.54. The van der Waals surface area contributed by atoms with Gasteiger partial charge in [-0.1, -0.05) is 50.3 Å². The number of ether oxygens (including phenoxy) is 3. The molecule has 0 spiro atoms. The van der Waals surface area contributed by atoms with Crippen molar-refractivity contribution in [2.24, 2.45) is 0 Å². The van der Waals surface area contributed by atoms with Crippen LogP contribution in [-0.2, 0) is 23.3 Å². The van der Waals surface area contributed by atoms with Crippen molar-refractivity contribution in [1.82, 2.24) is 24.8 Å². The summed E-state index contributed by atoms with van der Waals surface area (Å²) in [6.45, 7) is 2.14. The number of nitrogens with one attached hydrogen (secondary N) is 2. The highest BCUT2D eigenvalue weighted by atomic mass is 31.2. The Morgan fingerprint density at radius 2 is 1.95 bits per heavy atom. The van der Waals surface area contributed by atoms with Crippen molar-refractivity contribution < 1.29 is 37.9 Å². The Bertz CT molecular complexity index is 1450. The molecule has 1 aromatic carbocycles. The van der Waals surface area contributed by atoms with Gasteiger partial charge in [0, 0.05) is 12.1 Å². The fourth-order valence-electron chi connectivity index (χ4n) is 4.63. The van der Waals surface area contributed by atoms with Gasteiger partial charge in [-0.25, -0.2) is 19.7 Å². The van der Waals surface area contributed by atoms with Crippen LogP contribution in [0.3, 0.4) is 0 Å². The predicted octanol–water partition coefficient (Wildman–Crippen LogP) is 2.06. The molecule has 0 aliphatic carbocycles. The normalized spacial score (nSPS) is 24.8. The smallest absolute Gasteiger partial charge is 0.320 e. The molecule has 15 heteroatoms. The number of hydrogen-bond donors (Lipinski definition) is 3. The van der Waals surface area contributed by atoms with Gasteiger partial charge in [-0.05, 0) is 24.5 Å². The number of amides is 2. The number of benzene rings is 1. The Kier molecular flexibility index (Phi) is 9.26. The standard InChI is InChI=1S/C26H31N6O8P/c1-2-3-4-8-13-27-26(33)31-23-20-24(29-15-28-23)32(16-30-20)25-22-21(18(38-25)14-37-41(34,35)36)39-19(40-22)12-11-17-9-6-5-7-10-17/h5-7,9-10,15-16,18-19,21-22,25H,2-4,8,13-14H2,1H3,(H2,34,35,36)(H2,27,28,29,31,33)/p-1/t18-,19?,21+,22?,25-/m1/s1. The molecule has 14 nitrogen and oxygen atoms in total. The summed E-state index contributed by atoms with van der Waals surface area (Å²) < 4.78 is 35.5. The van der Waals surface area contributed by atoms with Gasteiger partial charge in [0.2, 0.25) is 6.29 Å². The largest absolute Gasteiger partial charge is 0.756 e. The molecule has 2 aromatic heterocycles. The van der Waals surface area contributed by atoms with Gasteiger partial charge < -0.3 is 33.8 Å².